The first-order valence-electron chi connectivity index (χ1n) is 11.0. The third kappa shape index (κ3) is 5.46. The first-order valence-corrected chi connectivity index (χ1v) is 14.3. The molecule has 33 heavy (non-hydrogen) atoms. The number of nitrogens with one attached hydrogen (secondary N) is 1. The van der Waals surface area contributed by atoms with Gasteiger partial charge in [-0.1, -0.05) is 30.3 Å². The SMILES string of the molecule is Cc1cc(S(=O)(=O)[C@H]2CS(=O)(=O)C[C@@H]2NCC(c2ccccc2)N2CCOCC2)ccc1F. The third-order valence-electron chi connectivity index (χ3n) is 6.40. The molecule has 2 aromatic rings. The highest BCUT2D eigenvalue weighted by atomic mass is 32.2. The van der Waals surface area contributed by atoms with E-state index in [0.717, 1.165) is 24.7 Å². The van der Waals surface area contributed by atoms with Gasteiger partial charge < -0.3 is 10.1 Å². The van der Waals surface area contributed by atoms with Crippen molar-refractivity contribution in [3.8, 4) is 0 Å². The minimum Gasteiger partial charge on any atom is -0.379 e. The number of aryl methyl sites for hydroxylation is 1. The number of hydrogen-bond donors (Lipinski definition) is 1. The van der Waals surface area contributed by atoms with Crippen LogP contribution in [0, 0.1) is 12.7 Å². The molecule has 0 amide bonds. The standard InChI is InChI=1S/C23H29FN2O5S2/c1-17-13-19(7-8-20(17)24)33(29,30)23-16-32(27,28)15-21(23)25-14-22(18-5-3-2-4-6-18)26-9-11-31-12-10-26/h2-8,13,21-23,25H,9-12,14-16H2,1H3/t21-,22?,23-/m0/s1. The normalized spacial score (nSPS) is 24.5. The lowest BCUT2D eigenvalue weighted by atomic mass is 10.0. The molecule has 7 nitrogen and oxygen atoms in total. The van der Waals surface area contributed by atoms with Crippen LogP contribution in [-0.2, 0) is 24.4 Å². The molecule has 0 saturated carbocycles. The van der Waals surface area contributed by atoms with Crippen LogP contribution in [0.15, 0.2) is 53.4 Å². The minimum atomic E-state index is -3.98. The maximum absolute atomic E-state index is 13.7. The van der Waals surface area contributed by atoms with Crippen LogP contribution >= 0.6 is 0 Å². The van der Waals surface area contributed by atoms with Crippen LogP contribution in [0.3, 0.4) is 0 Å². The largest absolute Gasteiger partial charge is 0.379 e. The van der Waals surface area contributed by atoms with Gasteiger partial charge in [-0.3, -0.25) is 4.90 Å². The Bertz CT molecular complexity index is 1180. The molecule has 2 saturated heterocycles. The van der Waals surface area contributed by atoms with Crippen molar-refractivity contribution in [3.63, 3.8) is 0 Å². The fourth-order valence-corrected chi connectivity index (χ4v) is 9.37. The summed E-state index contributed by atoms with van der Waals surface area (Å²) in [6, 6.07) is 12.7. The summed E-state index contributed by atoms with van der Waals surface area (Å²) in [5.41, 5.74) is 1.28. The van der Waals surface area contributed by atoms with Crippen molar-refractivity contribution in [1.82, 2.24) is 10.2 Å². The molecule has 3 atom stereocenters. The Morgan fingerprint density at radius 2 is 1.82 bits per heavy atom. The van der Waals surface area contributed by atoms with Crippen molar-refractivity contribution in [1.29, 1.82) is 0 Å². The molecule has 2 fully saturated rings. The summed E-state index contributed by atoms with van der Waals surface area (Å²) in [6.45, 7) is 4.59. The molecule has 2 aliphatic rings. The van der Waals surface area contributed by atoms with Gasteiger partial charge in [-0.2, -0.15) is 0 Å². The molecular formula is C23H29FN2O5S2. The molecule has 0 bridgehead atoms. The highest BCUT2D eigenvalue weighted by Gasteiger charge is 2.46. The van der Waals surface area contributed by atoms with Crippen LogP contribution in [0.4, 0.5) is 4.39 Å². The summed E-state index contributed by atoms with van der Waals surface area (Å²) in [5, 5.41) is 2.14. The molecule has 0 aromatic heterocycles. The average molecular weight is 497 g/mol. The van der Waals surface area contributed by atoms with Gasteiger partial charge in [0.2, 0.25) is 0 Å². The van der Waals surface area contributed by atoms with Gasteiger partial charge in [0.25, 0.3) is 0 Å². The fraction of sp³-hybridized carbons (Fsp3) is 0.478. The van der Waals surface area contributed by atoms with Gasteiger partial charge in [-0.15, -0.1) is 0 Å². The lowest BCUT2D eigenvalue weighted by molar-refractivity contribution is 0.0158. The van der Waals surface area contributed by atoms with Crippen molar-refractivity contribution in [2.24, 2.45) is 0 Å². The molecule has 2 aromatic carbocycles. The van der Waals surface area contributed by atoms with E-state index in [2.05, 4.69) is 10.2 Å². The predicted molar refractivity (Wildman–Crippen MR) is 124 cm³/mol. The van der Waals surface area contributed by atoms with Crippen molar-refractivity contribution in [2.45, 2.75) is 29.2 Å². The number of hydrogen-bond acceptors (Lipinski definition) is 7. The van der Waals surface area contributed by atoms with Gasteiger partial charge in [-0.25, -0.2) is 21.2 Å². The zero-order valence-corrected chi connectivity index (χ0v) is 20.1. The summed E-state index contributed by atoms with van der Waals surface area (Å²) in [5.74, 6) is -1.20. The van der Waals surface area contributed by atoms with Gasteiger partial charge in [0, 0.05) is 31.7 Å². The predicted octanol–water partition coefficient (Wildman–Crippen LogP) is 1.74. The van der Waals surface area contributed by atoms with E-state index in [-0.39, 0.29) is 22.3 Å². The topological polar surface area (TPSA) is 92.8 Å². The van der Waals surface area contributed by atoms with Crippen LogP contribution < -0.4 is 5.32 Å². The second-order valence-corrected chi connectivity index (χ2v) is 13.0. The van der Waals surface area contributed by atoms with Gasteiger partial charge >= 0.3 is 0 Å². The van der Waals surface area contributed by atoms with Crippen LogP contribution in [0.25, 0.3) is 0 Å². The van der Waals surface area contributed by atoms with Crippen molar-refractivity contribution in [2.75, 3.05) is 44.4 Å². The zero-order valence-electron chi connectivity index (χ0n) is 18.5. The molecule has 1 N–H and O–H groups in total. The maximum Gasteiger partial charge on any atom is 0.183 e. The molecule has 2 heterocycles. The van der Waals surface area contributed by atoms with E-state index >= 15 is 0 Å². The van der Waals surface area contributed by atoms with Crippen LogP contribution in [0.1, 0.15) is 17.2 Å². The second kappa shape index (κ2) is 9.79. The molecule has 4 rings (SSSR count). The van der Waals surface area contributed by atoms with Crippen molar-refractivity contribution < 1.29 is 26.0 Å². The van der Waals surface area contributed by atoms with Gasteiger partial charge in [-0.05, 0) is 36.2 Å². The number of rotatable bonds is 7. The smallest absolute Gasteiger partial charge is 0.183 e. The summed E-state index contributed by atoms with van der Waals surface area (Å²) < 4.78 is 70.8. The Kier molecular flexibility index (Phi) is 7.20. The van der Waals surface area contributed by atoms with E-state index in [0.29, 0.717) is 19.8 Å². The average Bonchev–Trinajstić information content (AvgIpc) is 3.12. The molecule has 180 valence electrons. The van der Waals surface area contributed by atoms with Crippen LogP contribution in [0.2, 0.25) is 0 Å². The van der Waals surface area contributed by atoms with E-state index in [9.17, 15) is 21.2 Å². The number of halogens is 1. The first kappa shape index (κ1) is 24.3. The van der Waals surface area contributed by atoms with Gasteiger partial charge in [0.15, 0.2) is 19.7 Å². The summed E-state index contributed by atoms with van der Waals surface area (Å²) in [7, 11) is -7.52. The van der Waals surface area contributed by atoms with E-state index in [4.69, 9.17) is 4.74 Å². The van der Waals surface area contributed by atoms with Crippen molar-refractivity contribution in [3.05, 3.63) is 65.5 Å². The molecule has 0 spiro atoms. The number of ether oxygens (including phenoxy) is 1. The Balaban J connectivity index is 1.58. The Hall–Kier alpha value is -1.85. The fourth-order valence-electron chi connectivity index (χ4n) is 4.57. The van der Waals surface area contributed by atoms with E-state index in [1.807, 2.05) is 30.3 Å². The monoisotopic (exact) mass is 496 g/mol. The molecule has 0 aliphatic carbocycles. The molecule has 2 aliphatic heterocycles. The summed E-state index contributed by atoms with van der Waals surface area (Å²) in [4.78, 5) is 2.21. The molecular weight excluding hydrogens is 467 g/mol. The number of morpholine rings is 1. The second-order valence-electron chi connectivity index (χ2n) is 8.66. The quantitative estimate of drug-likeness (QED) is 0.584. The van der Waals surface area contributed by atoms with E-state index in [1.54, 1.807) is 0 Å². The van der Waals surface area contributed by atoms with Gasteiger partial charge in [0.05, 0.1) is 34.9 Å². The summed E-state index contributed by atoms with van der Waals surface area (Å²) >= 11 is 0. The molecule has 1 unspecified atom stereocenters. The highest BCUT2D eigenvalue weighted by molar-refractivity contribution is 7.96. The van der Waals surface area contributed by atoms with Crippen LogP contribution in [0.5, 0.6) is 0 Å². The van der Waals surface area contributed by atoms with E-state index < -0.39 is 42.5 Å². The van der Waals surface area contributed by atoms with E-state index in [1.165, 1.54) is 19.1 Å². The lowest BCUT2D eigenvalue weighted by Crippen LogP contribution is -2.48. The first-order chi connectivity index (χ1) is 15.7. The Morgan fingerprint density at radius 3 is 2.48 bits per heavy atom. The molecule has 0 radical (unpaired) electrons. The number of benzene rings is 2. The third-order valence-corrected chi connectivity index (χ3v) is 10.5. The Morgan fingerprint density at radius 1 is 1.12 bits per heavy atom. The van der Waals surface area contributed by atoms with Crippen molar-refractivity contribution >= 4 is 19.7 Å². The highest BCUT2D eigenvalue weighted by Crippen LogP contribution is 2.28. The summed E-state index contributed by atoms with van der Waals surface area (Å²) in [6.07, 6.45) is 0. The van der Waals surface area contributed by atoms with Gasteiger partial charge in [0.1, 0.15) is 5.82 Å². The lowest BCUT2D eigenvalue weighted by Gasteiger charge is -2.36. The van der Waals surface area contributed by atoms with Crippen LogP contribution in [-0.4, -0.2) is 77.4 Å². The Labute approximate surface area is 194 Å². The zero-order chi connectivity index (χ0) is 23.6. The maximum atomic E-state index is 13.7. The minimum absolute atomic E-state index is 0.0465. The molecule has 10 heteroatoms. The number of sulfone groups is 2. The number of nitrogens with zero attached hydrogens (tertiary/aromatic N) is 1.